The van der Waals surface area contributed by atoms with Crippen molar-refractivity contribution in [3.05, 3.63) is 0 Å². The van der Waals surface area contributed by atoms with Crippen LogP contribution in [-0.4, -0.2) is 43.6 Å². The minimum absolute atomic E-state index is 0.132. The van der Waals surface area contributed by atoms with Gasteiger partial charge in [-0.05, 0) is 25.7 Å². The molecule has 6 heteroatoms. The van der Waals surface area contributed by atoms with E-state index in [1.807, 2.05) is 0 Å². The van der Waals surface area contributed by atoms with Crippen LogP contribution in [0.2, 0.25) is 0 Å². The molecule has 0 aromatic heterocycles. The first-order chi connectivity index (χ1) is 7.78. The van der Waals surface area contributed by atoms with E-state index in [4.69, 9.17) is 15.3 Å². The second-order valence-electron chi connectivity index (χ2n) is 4.89. The van der Waals surface area contributed by atoms with E-state index in [1.165, 1.54) is 0 Å². The molecule has 1 fully saturated rings. The normalized spacial score (nSPS) is 22.1. The van der Waals surface area contributed by atoms with Gasteiger partial charge in [-0.15, -0.1) is 0 Å². The number of carbonyl (C=O) groups is 1. The van der Waals surface area contributed by atoms with Crippen molar-refractivity contribution in [1.29, 1.82) is 0 Å². The molecule has 5 N–H and O–H groups in total. The average molecular weight is 248 g/mol. The molecule has 0 saturated heterocycles. The largest absolute Gasteiger partial charge is 0.481 e. The lowest BCUT2D eigenvalue weighted by Crippen LogP contribution is -2.43. The van der Waals surface area contributed by atoms with Crippen molar-refractivity contribution in [1.82, 2.24) is 0 Å². The molecular formula is C11H20O6. The van der Waals surface area contributed by atoms with Crippen LogP contribution >= 0.6 is 0 Å². The van der Waals surface area contributed by atoms with Gasteiger partial charge in [-0.1, -0.05) is 19.3 Å². The molecule has 1 rings (SSSR count). The summed E-state index contributed by atoms with van der Waals surface area (Å²) in [4.78, 5) is 11.3. The Morgan fingerprint density at radius 1 is 1.18 bits per heavy atom. The highest BCUT2D eigenvalue weighted by atomic mass is 16.7. The van der Waals surface area contributed by atoms with Gasteiger partial charge < -0.3 is 25.5 Å². The van der Waals surface area contributed by atoms with Crippen molar-refractivity contribution < 1.29 is 30.3 Å². The van der Waals surface area contributed by atoms with Crippen LogP contribution in [0.3, 0.4) is 0 Å². The first-order valence-corrected chi connectivity index (χ1v) is 5.86. The summed E-state index contributed by atoms with van der Waals surface area (Å²) in [5, 5.41) is 44.8. The minimum Gasteiger partial charge on any atom is -0.481 e. The Morgan fingerprint density at radius 2 is 1.71 bits per heavy atom. The highest BCUT2D eigenvalue weighted by molar-refractivity contribution is 5.74. The molecular weight excluding hydrogens is 228 g/mol. The second kappa shape index (κ2) is 5.30. The summed E-state index contributed by atoms with van der Waals surface area (Å²) in [6.07, 6.45) is 1.94. The van der Waals surface area contributed by atoms with E-state index < -0.39 is 23.5 Å². The van der Waals surface area contributed by atoms with Crippen LogP contribution in [-0.2, 0) is 4.79 Å². The van der Waals surface area contributed by atoms with Crippen molar-refractivity contribution >= 4 is 5.97 Å². The smallest absolute Gasteiger partial charge is 0.309 e. The quantitative estimate of drug-likeness (QED) is 0.430. The van der Waals surface area contributed by atoms with E-state index >= 15 is 0 Å². The molecule has 100 valence electrons. The number of aliphatic hydroxyl groups excluding tert-OH is 1. The van der Waals surface area contributed by atoms with Crippen LogP contribution in [0.15, 0.2) is 0 Å². The summed E-state index contributed by atoms with van der Waals surface area (Å²) < 4.78 is 0. The molecule has 1 aliphatic carbocycles. The third-order valence-electron chi connectivity index (χ3n) is 3.61. The van der Waals surface area contributed by atoms with Crippen LogP contribution < -0.4 is 0 Å². The predicted molar refractivity (Wildman–Crippen MR) is 57.8 cm³/mol. The number of hydrogen-bond acceptors (Lipinski definition) is 5. The van der Waals surface area contributed by atoms with Gasteiger partial charge in [0.1, 0.15) is 6.10 Å². The van der Waals surface area contributed by atoms with Gasteiger partial charge in [0.25, 0.3) is 0 Å². The Balaban J connectivity index is 2.59. The van der Waals surface area contributed by atoms with E-state index in [0.29, 0.717) is 12.8 Å². The number of aliphatic carboxylic acids is 1. The lowest BCUT2D eigenvalue weighted by molar-refractivity contribution is -0.356. The van der Waals surface area contributed by atoms with Gasteiger partial charge in [0, 0.05) is 0 Å². The van der Waals surface area contributed by atoms with Gasteiger partial charge >= 0.3 is 11.9 Å². The third-order valence-corrected chi connectivity index (χ3v) is 3.61. The Hall–Kier alpha value is -0.690. The standard InChI is InChI=1S/C11H20O6/c12-8(11(15,16)17)4-7-10(9(13)14)5-2-1-3-6-10/h8,12,15-17H,1-7H2,(H,13,14). The number of rotatable bonds is 5. The zero-order valence-electron chi connectivity index (χ0n) is 9.67. The number of carboxylic acid groups (broad SMARTS) is 1. The highest BCUT2D eigenvalue weighted by Gasteiger charge is 2.41. The molecule has 6 nitrogen and oxygen atoms in total. The zero-order valence-corrected chi connectivity index (χ0v) is 9.67. The Bertz CT molecular complexity index is 264. The van der Waals surface area contributed by atoms with E-state index in [0.717, 1.165) is 19.3 Å². The van der Waals surface area contributed by atoms with Gasteiger partial charge in [-0.25, -0.2) is 0 Å². The maximum atomic E-state index is 11.3. The summed E-state index contributed by atoms with van der Waals surface area (Å²) in [6, 6.07) is 0. The molecule has 0 aromatic rings. The van der Waals surface area contributed by atoms with E-state index in [2.05, 4.69) is 0 Å². The molecule has 1 unspecified atom stereocenters. The fraction of sp³-hybridized carbons (Fsp3) is 0.909. The van der Waals surface area contributed by atoms with Gasteiger partial charge in [0.2, 0.25) is 0 Å². The van der Waals surface area contributed by atoms with Crippen molar-refractivity contribution in [2.75, 3.05) is 0 Å². The molecule has 0 heterocycles. The van der Waals surface area contributed by atoms with Crippen molar-refractivity contribution in [2.24, 2.45) is 5.41 Å². The number of aliphatic hydroxyl groups is 4. The molecule has 1 aliphatic rings. The SMILES string of the molecule is O=C(O)C1(CCC(O)C(O)(O)O)CCCCC1. The van der Waals surface area contributed by atoms with Gasteiger partial charge in [-0.3, -0.25) is 4.79 Å². The van der Waals surface area contributed by atoms with Crippen LogP contribution in [0.25, 0.3) is 0 Å². The van der Waals surface area contributed by atoms with Gasteiger partial charge in [0.15, 0.2) is 0 Å². The zero-order chi connectivity index (χ0) is 13.1. The van der Waals surface area contributed by atoms with E-state index in [9.17, 15) is 15.0 Å². The maximum absolute atomic E-state index is 11.3. The van der Waals surface area contributed by atoms with Crippen LogP contribution in [0.5, 0.6) is 0 Å². The fourth-order valence-corrected chi connectivity index (χ4v) is 2.41. The lowest BCUT2D eigenvalue weighted by atomic mass is 9.71. The summed E-state index contributed by atoms with van der Waals surface area (Å²) in [5.74, 6) is -4.07. The Kier molecular flexibility index (Phi) is 4.48. The van der Waals surface area contributed by atoms with Crippen molar-refractivity contribution in [3.63, 3.8) is 0 Å². The molecule has 0 amide bonds. The molecule has 0 aromatic carbocycles. The number of carboxylic acids is 1. The van der Waals surface area contributed by atoms with Gasteiger partial charge in [0.05, 0.1) is 5.41 Å². The first kappa shape index (κ1) is 14.4. The van der Waals surface area contributed by atoms with E-state index in [1.54, 1.807) is 0 Å². The molecule has 0 spiro atoms. The van der Waals surface area contributed by atoms with Crippen LogP contribution in [0, 0.1) is 5.41 Å². The van der Waals surface area contributed by atoms with Gasteiger partial charge in [-0.2, -0.15) is 0 Å². The Labute approximate surface area is 99.5 Å². The summed E-state index contributed by atoms with van der Waals surface area (Å²) >= 11 is 0. The second-order valence-corrected chi connectivity index (χ2v) is 4.89. The molecule has 1 saturated carbocycles. The summed E-state index contributed by atoms with van der Waals surface area (Å²) in [7, 11) is 0. The Morgan fingerprint density at radius 3 is 2.12 bits per heavy atom. The van der Waals surface area contributed by atoms with Crippen molar-refractivity contribution in [2.45, 2.75) is 57.0 Å². The number of hydrogen-bond donors (Lipinski definition) is 5. The molecule has 0 bridgehead atoms. The summed E-state index contributed by atoms with van der Waals surface area (Å²) in [6.45, 7) is 0. The van der Waals surface area contributed by atoms with Crippen LogP contribution in [0.1, 0.15) is 44.9 Å². The summed E-state index contributed by atoms with van der Waals surface area (Å²) in [5.41, 5.74) is -0.898. The van der Waals surface area contributed by atoms with E-state index in [-0.39, 0.29) is 12.8 Å². The predicted octanol–water partition coefficient (Wildman–Crippen LogP) is -0.207. The average Bonchev–Trinajstić information content (AvgIpc) is 2.25. The van der Waals surface area contributed by atoms with Crippen LogP contribution in [0.4, 0.5) is 0 Å². The topological polar surface area (TPSA) is 118 Å². The molecule has 1 atom stereocenters. The monoisotopic (exact) mass is 248 g/mol. The molecule has 0 radical (unpaired) electrons. The van der Waals surface area contributed by atoms with Crippen molar-refractivity contribution in [3.8, 4) is 0 Å². The third kappa shape index (κ3) is 3.64. The minimum atomic E-state index is -3.16. The molecule has 0 aliphatic heterocycles. The first-order valence-electron chi connectivity index (χ1n) is 5.86. The fourth-order valence-electron chi connectivity index (χ4n) is 2.41. The highest BCUT2D eigenvalue weighted by Crippen LogP contribution is 2.41. The maximum Gasteiger partial charge on any atom is 0.309 e. The lowest BCUT2D eigenvalue weighted by Gasteiger charge is -2.34. The molecule has 17 heavy (non-hydrogen) atoms.